The molecular formula is C14H19ClN4O2. The number of rotatable bonds is 3. The van der Waals surface area contributed by atoms with Gasteiger partial charge in [-0.25, -0.2) is 14.6 Å². The van der Waals surface area contributed by atoms with Crippen molar-refractivity contribution in [1.82, 2.24) is 19.7 Å². The molecule has 7 heteroatoms. The SMILES string of the molecule is CC(O)c1nn(C(C)C2CCOCC2)c2nc(Cl)cnc12. The number of aliphatic hydroxyl groups is 1. The smallest absolute Gasteiger partial charge is 0.178 e. The Hall–Kier alpha value is -1.24. The molecular weight excluding hydrogens is 292 g/mol. The number of nitrogens with zero attached hydrogens (tertiary/aromatic N) is 4. The van der Waals surface area contributed by atoms with E-state index in [0.717, 1.165) is 26.1 Å². The molecule has 0 spiro atoms. The minimum Gasteiger partial charge on any atom is -0.387 e. The summed E-state index contributed by atoms with van der Waals surface area (Å²) in [6.07, 6.45) is 2.80. The van der Waals surface area contributed by atoms with Crippen LogP contribution in [-0.2, 0) is 4.74 Å². The fourth-order valence-electron chi connectivity index (χ4n) is 2.87. The van der Waals surface area contributed by atoms with Gasteiger partial charge in [0, 0.05) is 13.2 Å². The third-order valence-corrected chi connectivity index (χ3v) is 4.31. The molecule has 1 aliphatic heterocycles. The van der Waals surface area contributed by atoms with Gasteiger partial charge in [-0.3, -0.25) is 0 Å². The maximum atomic E-state index is 9.90. The van der Waals surface area contributed by atoms with Crippen LogP contribution in [0, 0.1) is 5.92 Å². The molecule has 1 aliphatic rings. The van der Waals surface area contributed by atoms with Crippen molar-refractivity contribution >= 4 is 22.8 Å². The Balaban J connectivity index is 2.06. The molecule has 2 aromatic rings. The molecule has 1 saturated heterocycles. The normalized spacial score (nSPS) is 19.8. The van der Waals surface area contributed by atoms with E-state index in [9.17, 15) is 5.11 Å². The van der Waals surface area contributed by atoms with Crippen LogP contribution in [0.4, 0.5) is 0 Å². The fourth-order valence-corrected chi connectivity index (χ4v) is 3.00. The number of aromatic nitrogens is 4. The second-order valence-corrected chi connectivity index (χ2v) is 5.95. The lowest BCUT2D eigenvalue weighted by molar-refractivity contribution is 0.0499. The van der Waals surface area contributed by atoms with Gasteiger partial charge in [0.05, 0.1) is 18.3 Å². The van der Waals surface area contributed by atoms with E-state index < -0.39 is 6.10 Å². The number of hydrogen-bond acceptors (Lipinski definition) is 5. The molecule has 0 aromatic carbocycles. The van der Waals surface area contributed by atoms with E-state index >= 15 is 0 Å². The first-order valence-electron chi connectivity index (χ1n) is 7.24. The van der Waals surface area contributed by atoms with Gasteiger partial charge in [0.25, 0.3) is 0 Å². The summed E-state index contributed by atoms with van der Waals surface area (Å²) in [6.45, 7) is 5.37. The Labute approximate surface area is 128 Å². The predicted molar refractivity (Wildman–Crippen MR) is 79.2 cm³/mol. The van der Waals surface area contributed by atoms with Crippen LogP contribution in [-0.4, -0.2) is 38.1 Å². The third kappa shape index (κ3) is 2.75. The predicted octanol–water partition coefficient (Wildman–Crippen LogP) is 2.52. The first kappa shape index (κ1) is 14.7. The van der Waals surface area contributed by atoms with Crippen molar-refractivity contribution < 1.29 is 9.84 Å². The highest BCUT2D eigenvalue weighted by Crippen LogP contribution is 2.31. The van der Waals surface area contributed by atoms with E-state index in [-0.39, 0.29) is 6.04 Å². The Morgan fingerprint density at radius 3 is 2.76 bits per heavy atom. The highest BCUT2D eigenvalue weighted by molar-refractivity contribution is 6.29. The van der Waals surface area contributed by atoms with E-state index in [1.807, 2.05) is 4.68 Å². The molecule has 0 saturated carbocycles. The van der Waals surface area contributed by atoms with Gasteiger partial charge in [0.2, 0.25) is 0 Å². The summed E-state index contributed by atoms with van der Waals surface area (Å²) in [4.78, 5) is 8.64. The summed E-state index contributed by atoms with van der Waals surface area (Å²) in [7, 11) is 0. The Morgan fingerprint density at radius 2 is 2.10 bits per heavy atom. The zero-order valence-electron chi connectivity index (χ0n) is 12.2. The van der Waals surface area contributed by atoms with Gasteiger partial charge >= 0.3 is 0 Å². The molecule has 0 aliphatic carbocycles. The van der Waals surface area contributed by atoms with Crippen LogP contribution in [0.3, 0.4) is 0 Å². The molecule has 21 heavy (non-hydrogen) atoms. The average Bonchev–Trinajstić information content (AvgIpc) is 2.86. The van der Waals surface area contributed by atoms with Crippen LogP contribution in [0.2, 0.25) is 5.15 Å². The molecule has 2 unspecified atom stereocenters. The minimum atomic E-state index is -0.689. The summed E-state index contributed by atoms with van der Waals surface area (Å²) < 4.78 is 7.27. The van der Waals surface area contributed by atoms with Gasteiger partial charge in [0.15, 0.2) is 5.65 Å². The molecule has 0 radical (unpaired) electrons. The van der Waals surface area contributed by atoms with Crippen molar-refractivity contribution in [1.29, 1.82) is 0 Å². The van der Waals surface area contributed by atoms with Crippen LogP contribution >= 0.6 is 11.6 Å². The number of fused-ring (bicyclic) bond motifs is 1. The van der Waals surface area contributed by atoms with E-state index in [1.165, 1.54) is 6.20 Å². The zero-order chi connectivity index (χ0) is 15.0. The van der Waals surface area contributed by atoms with Crippen molar-refractivity contribution in [3.8, 4) is 0 Å². The number of aliphatic hydroxyl groups excluding tert-OH is 1. The monoisotopic (exact) mass is 310 g/mol. The van der Waals surface area contributed by atoms with Gasteiger partial charge in [-0.2, -0.15) is 5.10 Å². The summed E-state index contributed by atoms with van der Waals surface area (Å²) in [6, 6.07) is 0.164. The summed E-state index contributed by atoms with van der Waals surface area (Å²) in [5.41, 5.74) is 1.80. The maximum Gasteiger partial charge on any atom is 0.178 e. The molecule has 114 valence electrons. The standard InChI is InChI=1S/C14H19ClN4O2/c1-8(10-3-5-21-6-4-10)19-14-13(12(18-19)9(2)20)16-7-11(15)17-14/h7-10,20H,3-6H2,1-2H3. The second kappa shape index (κ2) is 5.87. The third-order valence-electron chi connectivity index (χ3n) is 4.13. The highest BCUT2D eigenvalue weighted by atomic mass is 35.5. The van der Waals surface area contributed by atoms with Gasteiger partial charge in [-0.15, -0.1) is 0 Å². The van der Waals surface area contributed by atoms with Crippen LogP contribution in [0.15, 0.2) is 6.20 Å². The summed E-state index contributed by atoms with van der Waals surface area (Å²) in [5, 5.41) is 14.8. The van der Waals surface area contributed by atoms with Crippen molar-refractivity contribution in [3.63, 3.8) is 0 Å². The molecule has 3 heterocycles. The summed E-state index contributed by atoms with van der Waals surface area (Å²) in [5.74, 6) is 0.476. The Morgan fingerprint density at radius 1 is 1.38 bits per heavy atom. The first-order chi connectivity index (χ1) is 10.1. The highest BCUT2D eigenvalue weighted by Gasteiger charge is 2.26. The lowest BCUT2D eigenvalue weighted by Crippen LogP contribution is -2.25. The zero-order valence-corrected chi connectivity index (χ0v) is 12.9. The first-order valence-corrected chi connectivity index (χ1v) is 7.62. The van der Waals surface area contributed by atoms with Gasteiger partial charge < -0.3 is 9.84 Å². The topological polar surface area (TPSA) is 73.1 Å². The lowest BCUT2D eigenvalue weighted by Gasteiger charge is -2.28. The van der Waals surface area contributed by atoms with E-state index in [4.69, 9.17) is 16.3 Å². The molecule has 6 nitrogen and oxygen atoms in total. The Kier molecular flexibility index (Phi) is 4.10. The number of ether oxygens (including phenoxy) is 1. The van der Waals surface area contributed by atoms with Crippen molar-refractivity contribution in [2.75, 3.05) is 13.2 Å². The van der Waals surface area contributed by atoms with Crippen molar-refractivity contribution in [2.24, 2.45) is 5.92 Å². The van der Waals surface area contributed by atoms with Gasteiger partial charge in [-0.1, -0.05) is 11.6 Å². The maximum absolute atomic E-state index is 9.90. The van der Waals surface area contributed by atoms with Gasteiger partial charge in [-0.05, 0) is 32.6 Å². The minimum absolute atomic E-state index is 0.164. The second-order valence-electron chi connectivity index (χ2n) is 5.56. The van der Waals surface area contributed by atoms with Crippen LogP contribution in [0.25, 0.3) is 11.2 Å². The molecule has 0 amide bonds. The molecule has 0 bridgehead atoms. The van der Waals surface area contributed by atoms with E-state index in [1.54, 1.807) is 6.92 Å². The van der Waals surface area contributed by atoms with Crippen LogP contribution in [0.1, 0.15) is 44.5 Å². The number of halogens is 1. The quantitative estimate of drug-likeness (QED) is 0.943. The number of hydrogen-bond donors (Lipinski definition) is 1. The molecule has 3 rings (SSSR count). The van der Waals surface area contributed by atoms with E-state index in [0.29, 0.717) is 27.9 Å². The summed E-state index contributed by atoms with van der Waals surface area (Å²) >= 11 is 5.97. The lowest BCUT2D eigenvalue weighted by atomic mass is 9.93. The fraction of sp³-hybridized carbons (Fsp3) is 0.643. The van der Waals surface area contributed by atoms with Crippen molar-refractivity contribution in [3.05, 3.63) is 17.0 Å². The van der Waals surface area contributed by atoms with Crippen molar-refractivity contribution in [2.45, 2.75) is 38.8 Å². The largest absolute Gasteiger partial charge is 0.387 e. The van der Waals surface area contributed by atoms with Crippen LogP contribution in [0.5, 0.6) is 0 Å². The van der Waals surface area contributed by atoms with Gasteiger partial charge in [0.1, 0.15) is 16.4 Å². The Bertz CT molecular complexity index is 637. The molecule has 1 fully saturated rings. The van der Waals surface area contributed by atoms with E-state index in [2.05, 4.69) is 22.0 Å². The molecule has 1 N–H and O–H groups in total. The van der Waals surface area contributed by atoms with Crippen LogP contribution < -0.4 is 0 Å². The average molecular weight is 311 g/mol. The molecule has 2 atom stereocenters. The molecule has 2 aromatic heterocycles.